The predicted molar refractivity (Wildman–Crippen MR) is 127 cm³/mol. The quantitative estimate of drug-likeness (QED) is 0.695. The van der Waals surface area contributed by atoms with Gasteiger partial charge in [-0.05, 0) is 70.4 Å². The molecule has 178 valence electrons. The second-order valence-electron chi connectivity index (χ2n) is 9.76. The Bertz CT molecular complexity index is 1030. The van der Waals surface area contributed by atoms with Gasteiger partial charge in [0.1, 0.15) is 17.3 Å². The van der Waals surface area contributed by atoms with Crippen molar-refractivity contribution in [1.29, 1.82) is 0 Å². The molecule has 3 heterocycles. The third-order valence-corrected chi connectivity index (χ3v) is 8.80. The second kappa shape index (κ2) is 9.54. The number of ether oxygens (including phenoxy) is 1. The maximum absolute atomic E-state index is 12.5. The lowest BCUT2D eigenvalue weighted by molar-refractivity contribution is -0.131. The molecular weight excluding hydrogens is 438 g/mol. The van der Waals surface area contributed by atoms with Crippen LogP contribution in [0.3, 0.4) is 0 Å². The summed E-state index contributed by atoms with van der Waals surface area (Å²) in [7, 11) is 2.07. The molecule has 0 bridgehead atoms. The molecule has 2 amide bonds. The highest BCUT2D eigenvalue weighted by Crippen LogP contribution is 2.41. The molecule has 0 aromatic carbocycles. The summed E-state index contributed by atoms with van der Waals surface area (Å²) in [6, 6.07) is 0.409. The highest BCUT2D eigenvalue weighted by atomic mass is 32.1. The zero-order valence-corrected chi connectivity index (χ0v) is 20.1. The summed E-state index contributed by atoms with van der Waals surface area (Å²) in [6.45, 7) is 2.32. The molecule has 2 aliphatic carbocycles. The van der Waals surface area contributed by atoms with Crippen LogP contribution in [0.5, 0.6) is 5.88 Å². The predicted octanol–water partition coefficient (Wildman–Crippen LogP) is 2.53. The molecule has 3 aliphatic rings. The lowest BCUT2D eigenvalue weighted by Gasteiger charge is -2.35. The van der Waals surface area contributed by atoms with E-state index in [0.717, 1.165) is 80.2 Å². The average Bonchev–Trinajstić information content (AvgIpc) is 3.47. The van der Waals surface area contributed by atoms with Gasteiger partial charge in [0, 0.05) is 29.9 Å². The minimum absolute atomic E-state index is 0.105. The number of likely N-dealkylation sites (tertiary alicyclic amines) is 1. The van der Waals surface area contributed by atoms with E-state index >= 15 is 0 Å². The van der Waals surface area contributed by atoms with Crippen molar-refractivity contribution in [1.82, 2.24) is 19.8 Å². The van der Waals surface area contributed by atoms with E-state index in [0.29, 0.717) is 24.9 Å². The van der Waals surface area contributed by atoms with Crippen molar-refractivity contribution in [2.75, 3.05) is 26.7 Å². The number of rotatable bonds is 6. The number of carbonyl (C=O) groups excluding carboxylic acids is 2. The van der Waals surface area contributed by atoms with Gasteiger partial charge in [0.15, 0.2) is 0 Å². The second-order valence-corrected chi connectivity index (χ2v) is 10.8. The normalized spacial score (nSPS) is 25.4. The van der Waals surface area contributed by atoms with Gasteiger partial charge in [-0.1, -0.05) is 0 Å². The van der Waals surface area contributed by atoms with Gasteiger partial charge in [0.05, 0.1) is 11.9 Å². The molecule has 2 aromatic heterocycles. The fraction of sp³-hybridized carbons (Fsp3) is 0.667. The van der Waals surface area contributed by atoms with E-state index < -0.39 is 0 Å². The smallest absolute Gasteiger partial charge is 0.236 e. The first-order valence-corrected chi connectivity index (χ1v) is 13.0. The number of thiophene rings is 1. The maximum Gasteiger partial charge on any atom is 0.236 e. The Hall–Kier alpha value is -2.26. The van der Waals surface area contributed by atoms with Crippen LogP contribution in [0.2, 0.25) is 0 Å². The molecule has 1 unspecified atom stereocenters. The van der Waals surface area contributed by atoms with Crippen LogP contribution in [0.15, 0.2) is 6.33 Å². The molecular formula is C24H33N5O3S. The lowest BCUT2D eigenvalue weighted by Crippen LogP contribution is -2.44. The summed E-state index contributed by atoms with van der Waals surface area (Å²) in [5, 5.41) is 0.971. The van der Waals surface area contributed by atoms with E-state index in [4.69, 9.17) is 10.5 Å². The highest BCUT2D eigenvalue weighted by Gasteiger charge is 2.31. The number of amides is 2. The molecule has 1 saturated carbocycles. The summed E-state index contributed by atoms with van der Waals surface area (Å²) in [5.74, 6) is 0.541. The van der Waals surface area contributed by atoms with Gasteiger partial charge in [0.2, 0.25) is 17.7 Å². The van der Waals surface area contributed by atoms with E-state index in [2.05, 4.69) is 21.9 Å². The molecule has 33 heavy (non-hydrogen) atoms. The molecule has 2 fully saturated rings. The van der Waals surface area contributed by atoms with Crippen LogP contribution in [0.4, 0.5) is 0 Å². The van der Waals surface area contributed by atoms with Crippen LogP contribution in [-0.2, 0) is 22.4 Å². The van der Waals surface area contributed by atoms with Gasteiger partial charge >= 0.3 is 0 Å². The van der Waals surface area contributed by atoms with Crippen LogP contribution in [0, 0.1) is 5.92 Å². The fourth-order valence-corrected chi connectivity index (χ4v) is 6.76. The molecule has 8 nitrogen and oxygen atoms in total. The number of likely N-dealkylation sites (N-methyl/N-ethyl adjacent to an activating group) is 1. The van der Waals surface area contributed by atoms with Crippen molar-refractivity contribution in [3.05, 3.63) is 16.8 Å². The summed E-state index contributed by atoms with van der Waals surface area (Å²) in [5.41, 5.74) is 6.75. The molecule has 5 rings (SSSR count). The maximum atomic E-state index is 12.5. The summed E-state index contributed by atoms with van der Waals surface area (Å²) < 4.78 is 6.42. The minimum Gasteiger partial charge on any atom is -0.474 e. The first-order chi connectivity index (χ1) is 16.0. The number of aromatic nitrogens is 2. The Kier molecular flexibility index (Phi) is 6.51. The monoisotopic (exact) mass is 471 g/mol. The van der Waals surface area contributed by atoms with Crippen LogP contribution in [0.1, 0.15) is 55.4 Å². The van der Waals surface area contributed by atoms with Crippen LogP contribution in [0.25, 0.3) is 10.2 Å². The van der Waals surface area contributed by atoms with Crippen molar-refractivity contribution in [3.8, 4) is 5.88 Å². The Morgan fingerprint density at radius 2 is 1.94 bits per heavy atom. The number of hydrogen-bond acceptors (Lipinski definition) is 7. The zero-order valence-electron chi connectivity index (χ0n) is 19.3. The number of nitrogens with zero attached hydrogens (tertiary/aromatic N) is 4. The Labute approximate surface area is 198 Å². The van der Waals surface area contributed by atoms with Gasteiger partial charge in [-0.25, -0.2) is 9.97 Å². The Morgan fingerprint density at radius 3 is 2.67 bits per heavy atom. The Balaban J connectivity index is 1.22. The molecule has 2 N–H and O–H groups in total. The van der Waals surface area contributed by atoms with Crippen molar-refractivity contribution in [2.24, 2.45) is 11.7 Å². The van der Waals surface area contributed by atoms with Crippen molar-refractivity contribution in [2.45, 2.75) is 69.9 Å². The molecule has 1 aliphatic heterocycles. The third kappa shape index (κ3) is 4.71. The summed E-state index contributed by atoms with van der Waals surface area (Å²) in [6.07, 6.45) is 10.1. The molecule has 9 heteroatoms. The number of fused-ring (bicyclic) bond motifs is 3. The molecule has 1 saturated heterocycles. The van der Waals surface area contributed by atoms with E-state index in [-0.39, 0.29) is 23.8 Å². The standard InChI is InChI=1S/C24H33N5O3S/c1-28(13-20(30)29-10-2-3-11-29)16-5-7-17(8-6-16)32-23-21-18-12-15(22(25)31)4-9-19(18)33-24(21)27-14-26-23/h14-17H,2-13H2,1H3,(H2,25,31). The van der Waals surface area contributed by atoms with Gasteiger partial charge < -0.3 is 15.4 Å². The Morgan fingerprint density at radius 1 is 1.18 bits per heavy atom. The van der Waals surface area contributed by atoms with E-state index in [1.54, 1.807) is 17.7 Å². The van der Waals surface area contributed by atoms with E-state index in [9.17, 15) is 9.59 Å². The number of carbonyl (C=O) groups is 2. The summed E-state index contributed by atoms with van der Waals surface area (Å²) in [4.78, 5) is 39.7. The van der Waals surface area contributed by atoms with Gasteiger partial charge in [-0.3, -0.25) is 14.5 Å². The van der Waals surface area contributed by atoms with Crippen LogP contribution < -0.4 is 10.5 Å². The van der Waals surface area contributed by atoms with E-state index in [1.807, 2.05) is 4.90 Å². The van der Waals surface area contributed by atoms with Crippen molar-refractivity contribution in [3.63, 3.8) is 0 Å². The highest BCUT2D eigenvalue weighted by molar-refractivity contribution is 7.18. The fourth-order valence-electron chi connectivity index (χ4n) is 5.58. The zero-order chi connectivity index (χ0) is 22.9. The average molecular weight is 472 g/mol. The number of aryl methyl sites for hydroxylation is 1. The number of hydrogen-bond donors (Lipinski definition) is 1. The van der Waals surface area contributed by atoms with Crippen molar-refractivity contribution < 1.29 is 14.3 Å². The number of nitrogens with two attached hydrogens (primary N) is 1. The van der Waals surface area contributed by atoms with Crippen LogP contribution in [-0.4, -0.2) is 70.4 Å². The third-order valence-electron chi connectivity index (χ3n) is 7.60. The molecule has 0 spiro atoms. The SMILES string of the molecule is CN(CC(=O)N1CCCC1)C1CCC(Oc2ncnc3sc4c(c23)CC(C(N)=O)CC4)CC1. The van der Waals surface area contributed by atoms with Crippen molar-refractivity contribution >= 4 is 33.4 Å². The minimum atomic E-state index is -0.232. The first kappa shape index (κ1) is 22.5. The topological polar surface area (TPSA) is 102 Å². The lowest BCUT2D eigenvalue weighted by atomic mass is 9.87. The van der Waals surface area contributed by atoms with Crippen LogP contribution >= 0.6 is 11.3 Å². The van der Waals surface area contributed by atoms with Gasteiger partial charge in [-0.2, -0.15) is 0 Å². The molecule has 1 atom stereocenters. The summed E-state index contributed by atoms with van der Waals surface area (Å²) >= 11 is 1.68. The van der Waals surface area contributed by atoms with Gasteiger partial charge in [0.25, 0.3) is 0 Å². The largest absolute Gasteiger partial charge is 0.474 e. The molecule has 2 aromatic rings. The number of primary amides is 1. The van der Waals surface area contributed by atoms with E-state index in [1.165, 1.54) is 4.88 Å². The molecule has 0 radical (unpaired) electrons. The van der Waals surface area contributed by atoms with Gasteiger partial charge in [-0.15, -0.1) is 11.3 Å². The first-order valence-electron chi connectivity index (χ1n) is 12.2.